The van der Waals surface area contributed by atoms with Crippen LogP contribution in [0.15, 0.2) is 33.6 Å². The summed E-state index contributed by atoms with van der Waals surface area (Å²) in [6.45, 7) is 3.63. The van der Waals surface area contributed by atoms with Gasteiger partial charge >= 0.3 is 0 Å². The fourth-order valence-electron chi connectivity index (χ4n) is 2.84. The first-order valence-corrected chi connectivity index (χ1v) is 10.7. The molecule has 0 spiro atoms. The number of benzene rings is 1. The Morgan fingerprint density at radius 3 is 2.42 bits per heavy atom. The van der Waals surface area contributed by atoms with Crippen LogP contribution in [0, 0.1) is 5.92 Å². The highest BCUT2D eigenvalue weighted by atomic mass is 79.9. The third-order valence-electron chi connectivity index (χ3n) is 4.36. The average Bonchev–Trinajstić information content (AvgIpc) is 2.59. The zero-order valence-corrected chi connectivity index (χ0v) is 16.4. The maximum atomic E-state index is 12.6. The van der Waals surface area contributed by atoms with Crippen LogP contribution in [0.25, 0.3) is 0 Å². The van der Waals surface area contributed by atoms with E-state index in [4.69, 9.17) is 0 Å². The molecule has 7 heteroatoms. The van der Waals surface area contributed by atoms with Gasteiger partial charge in [-0.1, -0.05) is 35.7 Å². The van der Waals surface area contributed by atoms with Crippen molar-refractivity contribution in [2.45, 2.75) is 43.9 Å². The molecule has 1 aliphatic heterocycles. The number of hydrogen-bond acceptors (Lipinski definition) is 3. The number of rotatable bonds is 7. The second kappa shape index (κ2) is 8.97. The van der Waals surface area contributed by atoms with Crippen LogP contribution >= 0.6 is 15.9 Å². The number of carbonyl (C=O) groups excluding carboxylic acids is 1. The van der Waals surface area contributed by atoms with Crippen molar-refractivity contribution in [1.82, 2.24) is 9.62 Å². The van der Waals surface area contributed by atoms with Crippen LogP contribution in [-0.4, -0.2) is 38.3 Å². The summed E-state index contributed by atoms with van der Waals surface area (Å²) in [7, 11) is -3.47. The van der Waals surface area contributed by atoms with Crippen molar-refractivity contribution in [3.05, 3.63) is 28.7 Å². The lowest BCUT2D eigenvalue weighted by molar-refractivity contribution is -0.126. The number of amides is 1. The Kier molecular flexibility index (Phi) is 7.25. The van der Waals surface area contributed by atoms with Crippen LogP contribution in [0.5, 0.6) is 0 Å². The first-order chi connectivity index (χ1) is 11.4. The molecule has 0 bridgehead atoms. The Hall–Kier alpha value is -0.920. The van der Waals surface area contributed by atoms with E-state index < -0.39 is 10.0 Å². The number of halogens is 1. The van der Waals surface area contributed by atoms with Gasteiger partial charge in [-0.3, -0.25) is 4.79 Å². The Balaban J connectivity index is 1.87. The molecule has 134 valence electrons. The molecule has 5 nitrogen and oxygen atoms in total. The standard InChI is InChI=1S/C17H25BrN2O3S/c1-2-3-4-11-19-17(21)14-9-12-20(13-10-14)24(22,23)16-7-5-15(18)6-8-16/h5-8,14H,2-4,9-13H2,1H3,(H,19,21). The van der Waals surface area contributed by atoms with Crippen LogP contribution in [0.3, 0.4) is 0 Å². The maximum Gasteiger partial charge on any atom is 0.243 e. The molecular formula is C17H25BrN2O3S. The molecule has 0 atom stereocenters. The van der Waals surface area contributed by atoms with Gasteiger partial charge in [0.1, 0.15) is 0 Å². The molecule has 1 heterocycles. The molecule has 1 N–H and O–H groups in total. The highest BCUT2D eigenvalue weighted by molar-refractivity contribution is 9.10. The molecule has 0 aromatic heterocycles. The van der Waals surface area contributed by atoms with Gasteiger partial charge in [-0.05, 0) is 43.5 Å². The van der Waals surface area contributed by atoms with Crippen LogP contribution < -0.4 is 5.32 Å². The number of sulfonamides is 1. The molecule has 0 saturated carbocycles. The molecule has 2 rings (SSSR count). The van der Waals surface area contributed by atoms with Gasteiger partial charge in [-0.15, -0.1) is 0 Å². The van der Waals surface area contributed by atoms with Crippen LogP contribution in [-0.2, 0) is 14.8 Å². The molecule has 1 aromatic rings. The number of carbonyl (C=O) groups is 1. The van der Waals surface area contributed by atoms with E-state index in [2.05, 4.69) is 28.2 Å². The van der Waals surface area contributed by atoms with Gasteiger partial charge in [0.05, 0.1) is 4.90 Å². The van der Waals surface area contributed by atoms with E-state index in [1.165, 1.54) is 4.31 Å². The van der Waals surface area contributed by atoms with Crippen molar-refractivity contribution in [1.29, 1.82) is 0 Å². The molecule has 1 aliphatic rings. The first kappa shape index (κ1) is 19.4. The van der Waals surface area contributed by atoms with Gasteiger partial charge in [0, 0.05) is 30.0 Å². The smallest absolute Gasteiger partial charge is 0.243 e. The van der Waals surface area contributed by atoms with E-state index in [0.29, 0.717) is 37.4 Å². The number of nitrogens with one attached hydrogen (secondary N) is 1. The second-order valence-corrected chi connectivity index (χ2v) is 8.98. The molecule has 1 aromatic carbocycles. The van der Waals surface area contributed by atoms with E-state index >= 15 is 0 Å². The predicted octanol–water partition coefficient (Wildman–Crippen LogP) is 3.16. The summed E-state index contributed by atoms with van der Waals surface area (Å²) in [5.74, 6) is -0.0187. The molecule has 0 unspecified atom stereocenters. The number of nitrogens with zero attached hydrogens (tertiary/aromatic N) is 1. The van der Waals surface area contributed by atoms with Crippen LogP contribution in [0.4, 0.5) is 0 Å². The van der Waals surface area contributed by atoms with E-state index in [0.717, 1.165) is 23.7 Å². The van der Waals surface area contributed by atoms with Crippen molar-refractivity contribution in [2.75, 3.05) is 19.6 Å². The zero-order chi connectivity index (χ0) is 17.6. The molecule has 0 radical (unpaired) electrons. The third-order valence-corrected chi connectivity index (χ3v) is 6.80. The van der Waals surface area contributed by atoms with E-state index in [9.17, 15) is 13.2 Å². The van der Waals surface area contributed by atoms with Gasteiger partial charge in [0.15, 0.2) is 0 Å². The number of hydrogen-bond donors (Lipinski definition) is 1. The minimum absolute atomic E-state index is 0.0618. The molecule has 1 amide bonds. The summed E-state index contributed by atoms with van der Waals surface area (Å²) < 4.78 is 27.6. The van der Waals surface area contributed by atoms with Crippen molar-refractivity contribution >= 4 is 31.9 Å². The Labute approximate surface area is 153 Å². The zero-order valence-electron chi connectivity index (χ0n) is 14.0. The van der Waals surface area contributed by atoms with Gasteiger partial charge in [-0.2, -0.15) is 4.31 Å². The number of piperidine rings is 1. The summed E-state index contributed by atoms with van der Waals surface area (Å²) >= 11 is 3.31. The van der Waals surface area contributed by atoms with Gasteiger partial charge in [-0.25, -0.2) is 8.42 Å². The quantitative estimate of drug-likeness (QED) is 0.694. The minimum Gasteiger partial charge on any atom is -0.356 e. The monoisotopic (exact) mass is 416 g/mol. The normalized spacial score (nSPS) is 16.9. The molecule has 0 aliphatic carbocycles. The summed E-state index contributed by atoms with van der Waals surface area (Å²) in [6, 6.07) is 6.66. The molecular weight excluding hydrogens is 392 g/mol. The molecule has 24 heavy (non-hydrogen) atoms. The lowest BCUT2D eigenvalue weighted by Gasteiger charge is -2.30. The van der Waals surface area contributed by atoms with Crippen LogP contribution in [0.2, 0.25) is 0 Å². The van der Waals surface area contributed by atoms with E-state index in [-0.39, 0.29) is 11.8 Å². The topological polar surface area (TPSA) is 66.5 Å². The minimum atomic E-state index is -3.47. The fourth-order valence-corrected chi connectivity index (χ4v) is 4.58. The largest absolute Gasteiger partial charge is 0.356 e. The molecule has 1 fully saturated rings. The Bertz CT molecular complexity index is 638. The maximum absolute atomic E-state index is 12.6. The first-order valence-electron chi connectivity index (χ1n) is 8.48. The lowest BCUT2D eigenvalue weighted by Crippen LogP contribution is -2.43. The van der Waals surface area contributed by atoms with Crippen LogP contribution in [0.1, 0.15) is 39.0 Å². The van der Waals surface area contributed by atoms with Crippen molar-refractivity contribution < 1.29 is 13.2 Å². The summed E-state index contributed by atoms with van der Waals surface area (Å²) in [5, 5.41) is 2.97. The van der Waals surface area contributed by atoms with Gasteiger partial charge < -0.3 is 5.32 Å². The average molecular weight is 417 g/mol. The Morgan fingerprint density at radius 1 is 1.21 bits per heavy atom. The number of unbranched alkanes of at least 4 members (excludes halogenated alkanes) is 2. The highest BCUT2D eigenvalue weighted by Gasteiger charge is 2.31. The van der Waals surface area contributed by atoms with E-state index in [1.807, 2.05) is 0 Å². The molecule has 1 saturated heterocycles. The van der Waals surface area contributed by atoms with Crippen molar-refractivity contribution in [3.8, 4) is 0 Å². The SMILES string of the molecule is CCCCCNC(=O)C1CCN(S(=O)(=O)c2ccc(Br)cc2)CC1. The Morgan fingerprint density at radius 2 is 1.83 bits per heavy atom. The highest BCUT2D eigenvalue weighted by Crippen LogP contribution is 2.24. The fraction of sp³-hybridized carbons (Fsp3) is 0.588. The van der Waals surface area contributed by atoms with E-state index in [1.54, 1.807) is 24.3 Å². The van der Waals surface area contributed by atoms with Crippen molar-refractivity contribution in [3.63, 3.8) is 0 Å². The van der Waals surface area contributed by atoms with Gasteiger partial charge in [0.2, 0.25) is 15.9 Å². The predicted molar refractivity (Wildman–Crippen MR) is 98.2 cm³/mol. The third kappa shape index (κ3) is 5.04. The van der Waals surface area contributed by atoms with Gasteiger partial charge in [0.25, 0.3) is 0 Å². The van der Waals surface area contributed by atoms with Crippen molar-refractivity contribution in [2.24, 2.45) is 5.92 Å². The lowest BCUT2D eigenvalue weighted by atomic mass is 9.97. The summed E-state index contributed by atoms with van der Waals surface area (Å²) in [5.41, 5.74) is 0. The summed E-state index contributed by atoms with van der Waals surface area (Å²) in [4.78, 5) is 12.4. The summed E-state index contributed by atoms with van der Waals surface area (Å²) in [6.07, 6.45) is 4.40. The second-order valence-electron chi connectivity index (χ2n) is 6.13.